The first kappa shape index (κ1) is 12.6. The Morgan fingerprint density at radius 3 is 2.78 bits per heavy atom. The maximum absolute atomic E-state index is 11.6. The molecule has 2 rings (SSSR count). The van der Waals surface area contributed by atoms with Crippen molar-refractivity contribution in [3.8, 4) is 0 Å². The fourth-order valence-electron chi connectivity index (χ4n) is 1.95. The predicted octanol–water partition coefficient (Wildman–Crippen LogP) is 0.912. The summed E-state index contributed by atoms with van der Waals surface area (Å²) in [6, 6.07) is 7.82. The van der Waals surface area contributed by atoms with Crippen LogP contribution in [-0.2, 0) is 18.4 Å². The van der Waals surface area contributed by atoms with Crippen LogP contribution in [0.15, 0.2) is 24.3 Å². The molecule has 5 nitrogen and oxygen atoms in total. The van der Waals surface area contributed by atoms with Crippen LogP contribution in [-0.4, -0.2) is 38.6 Å². The molecular weight excluding hydrogens is 230 g/mol. The zero-order chi connectivity index (χ0) is 13.3. The summed E-state index contributed by atoms with van der Waals surface area (Å²) < 4.78 is 1.96. The molecule has 1 N–H and O–H groups in total. The smallest absolute Gasteiger partial charge is 0.251 e. The highest BCUT2D eigenvalue weighted by molar-refractivity contribution is 5.80. The second-order valence-electron chi connectivity index (χ2n) is 4.45. The van der Waals surface area contributed by atoms with Crippen molar-refractivity contribution in [2.45, 2.75) is 19.6 Å². The first-order valence-electron chi connectivity index (χ1n) is 5.84. The minimum absolute atomic E-state index is 0.304. The van der Waals surface area contributed by atoms with E-state index in [1.165, 1.54) is 11.8 Å². The average Bonchev–Trinajstić information content (AvgIpc) is 2.66. The molecule has 0 saturated heterocycles. The molecule has 0 radical (unpaired) electrons. The maximum atomic E-state index is 11.6. The van der Waals surface area contributed by atoms with Gasteiger partial charge in [-0.3, -0.25) is 4.79 Å². The molecule has 96 valence electrons. The van der Waals surface area contributed by atoms with Gasteiger partial charge >= 0.3 is 0 Å². The summed E-state index contributed by atoms with van der Waals surface area (Å²) in [5.41, 5.74) is 1.94. The molecule has 0 aliphatic heterocycles. The molecule has 5 heteroatoms. The monoisotopic (exact) mass is 247 g/mol. The van der Waals surface area contributed by atoms with Gasteiger partial charge in [-0.05, 0) is 19.1 Å². The first-order chi connectivity index (χ1) is 8.50. The van der Waals surface area contributed by atoms with Crippen molar-refractivity contribution in [2.75, 3.05) is 7.05 Å². The van der Waals surface area contributed by atoms with Gasteiger partial charge in [-0.2, -0.15) is 0 Å². The minimum Gasteiger partial charge on any atom is -0.384 e. The predicted molar refractivity (Wildman–Crippen MR) is 68.9 cm³/mol. The molecule has 1 amide bonds. The van der Waals surface area contributed by atoms with Crippen LogP contribution in [0.25, 0.3) is 11.0 Å². The molecule has 0 saturated carbocycles. The third kappa shape index (κ3) is 2.22. The highest BCUT2D eigenvalue weighted by Crippen LogP contribution is 2.15. The Hall–Kier alpha value is -1.88. The Morgan fingerprint density at radius 1 is 1.50 bits per heavy atom. The molecule has 1 unspecified atom stereocenters. The van der Waals surface area contributed by atoms with Crippen molar-refractivity contribution >= 4 is 16.9 Å². The van der Waals surface area contributed by atoms with Crippen LogP contribution in [0.2, 0.25) is 0 Å². The number of aromatic nitrogens is 2. The Bertz CT molecular complexity index is 575. The van der Waals surface area contributed by atoms with Gasteiger partial charge in [-0.15, -0.1) is 0 Å². The summed E-state index contributed by atoms with van der Waals surface area (Å²) in [6.07, 6.45) is -0.982. The molecule has 18 heavy (non-hydrogen) atoms. The fourth-order valence-corrected chi connectivity index (χ4v) is 1.95. The standard InChI is InChI=1S/C13H17N3O2/c1-9(17)13(18)15(2)8-12-14-10-6-4-5-7-11(10)16(12)3/h4-7,9,17H,8H2,1-3H3. The van der Waals surface area contributed by atoms with Gasteiger partial charge in [-0.1, -0.05) is 12.1 Å². The van der Waals surface area contributed by atoms with Crippen molar-refractivity contribution in [1.29, 1.82) is 0 Å². The summed E-state index contributed by atoms with van der Waals surface area (Å²) in [7, 11) is 3.58. The maximum Gasteiger partial charge on any atom is 0.251 e. The highest BCUT2D eigenvalue weighted by atomic mass is 16.3. The van der Waals surface area contributed by atoms with Crippen molar-refractivity contribution in [3.63, 3.8) is 0 Å². The SMILES string of the molecule is CC(O)C(=O)N(C)Cc1nc2ccccc2n1C. The molecule has 0 spiro atoms. The number of hydrogen-bond donors (Lipinski definition) is 1. The lowest BCUT2D eigenvalue weighted by atomic mass is 10.3. The van der Waals surface area contributed by atoms with E-state index in [-0.39, 0.29) is 5.91 Å². The summed E-state index contributed by atoms with van der Waals surface area (Å²) in [5.74, 6) is 0.495. The lowest BCUT2D eigenvalue weighted by Gasteiger charge is -2.18. The Kier molecular flexibility index (Phi) is 3.34. The number of nitrogens with zero attached hydrogens (tertiary/aromatic N) is 3. The van der Waals surface area contributed by atoms with Crippen LogP contribution in [0.1, 0.15) is 12.7 Å². The number of para-hydroxylation sites is 2. The molecule has 1 heterocycles. The lowest BCUT2D eigenvalue weighted by molar-refractivity contribution is -0.138. The van der Waals surface area contributed by atoms with Gasteiger partial charge in [-0.25, -0.2) is 4.98 Å². The van der Waals surface area contributed by atoms with E-state index in [4.69, 9.17) is 0 Å². The third-order valence-corrected chi connectivity index (χ3v) is 2.99. The van der Waals surface area contributed by atoms with Gasteiger partial charge in [0.2, 0.25) is 0 Å². The van der Waals surface area contributed by atoms with Crippen LogP contribution in [0.4, 0.5) is 0 Å². The van der Waals surface area contributed by atoms with Crippen molar-refractivity contribution in [2.24, 2.45) is 7.05 Å². The van der Waals surface area contributed by atoms with E-state index >= 15 is 0 Å². The van der Waals surface area contributed by atoms with E-state index in [1.807, 2.05) is 35.9 Å². The number of rotatable bonds is 3. The van der Waals surface area contributed by atoms with E-state index in [0.29, 0.717) is 6.54 Å². The number of carbonyl (C=O) groups excluding carboxylic acids is 1. The Morgan fingerprint density at radius 2 is 2.17 bits per heavy atom. The number of benzene rings is 1. The van der Waals surface area contributed by atoms with Crippen molar-refractivity contribution < 1.29 is 9.90 Å². The number of amides is 1. The zero-order valence-electron chi connectivity index (χ0n) is 10.8. The Labute approximate surface area is 106 Å². The van der Waals surface area contributed by atoms with Gasteiger partial charge in [0.25, 0.3) is 5.91 Å². The molecule has 1 aromatic carbocycles. The van der Waals surface area contributed by atoms with Crippen molar-refractivity contribution in [1.82, 2.24) is 14.5 Å². The van der Waals surface area contributed by atoms with E-state index in [1.54, 1.807) is 7.05 Å². The minimum atomic E-state index is -0.982. The van der Waals surface area contributed by atoms with E-state index in [9.17, 15) is 9.90 Å². The number of imidazole rings is 1. The normalized spacial score (nSPS) is 12.7. The molecule has 0 aliphatic carbocycles. The fraction of sp³-hybridized carbons (Fsp3) is 0.385. The number of hydrogen-bond acceptors (Lipinski definition) is 3. The van der Waals surface area contributed by atoms with Gasteiger partial charge < -0.3 is 14.6 Å². The number of likely N-dealkylation sites (N-methyl/N-ethyl adjacent to an activating group) is 1. The molecule has 1 atom stereocenters. The topological polar surface area (TPSA) is 58.4 Å². The molecule has 0 aliphatic rings. The first-order valence-corrected chi connectivity index (χ1v) is 5.84. The molecule has 2 aromatic rings. The second kappa shape index (κ2) is 4.78. The average molecular weight is 247 g/mol. The van der Waals surface area contributed by atoms with Gasteiger partial charge in [0.1, 0.15) is 11.9 Å². The van der Waals surface area contributed by atoms with Crippen LogP contribution < -0.4 is 0 Å². The third-order valence-electron chi connectivity index (χ3n) is 2.99. The largest absolute Gasteiger partial charge is 0.384 e. The van der Waals surface area contributed by atoms with Crippen LogP contribution in [0.3, 0.4) is 0 Å². The van der Waals surface area contributed by atoms with Gasteiger partial charge in [0, 0.05) is 14.1 Å². The number of fused-ring (bicyclic) bond motifs is 1. The number of aryl methyl sites for hydroxylation is 1. The second-order valence-corrected chi connectivity index (χ2v) is 4.45. The highest BCUT2D eigenvalue weighted by Gasteiger charge is 2.17. The van der Waals surface area contributed by atoms with Gasteiger partial charge in [0.15, 0.2) is 0 Å². The molecule has 0 bridgehead atoms. The summed E-state index contributed by atoms with van der Waals surface area (Å²) >= 11 is 0. The number of aliphatic hydroxyl groups excluding tert-OH is 1. The summed E-state index contributed by atoms with van der Waals surface area (Å²) in [4.78, 5) is 17.6. The van der Waals surface area contributed by atoms with Crippen molar-refractivity contribution in [3.05, 3.63) is 30.1 Å². The number of carbonyl (C=O) groups is 1. The van der Waals surface area contributed by atoms with E-state index < -0.39 is 6.10 Å². The number of aliphatic hydroxyl groups is 1. The lowest BCUT2D eigenvalue weighted by Crippen LogP contribution is -2.34. The molecule has 0 fully saturated rings. The van der Waals surface area contributed by atoms with E-state index in [0.717, 1.165) is 16.9 Å². The summed E-state index contributed by atoms with van der Waals surface area (Å²) in [5, 5.41) is 9.26. The van der Waals surface area contributed by atoms with Crippen LogP contribution in [0, 0.1) is 0 Å². The Balaban J connectivity index is 2.27. The molecular formula is C13H17N3O2. The quantitative estimate of drug-likeness (QED) is 0.877. The van der Waals surface area contributed by atoms with Crippen LogP contribution >= 0.6 is 0 Å². The zero-order valence-corrected chi connectivity index (χ0v) is 10.8. The van der Waals surface area contributed by atoms with Gasteiger partial charge in [0.05, 0.1) is 17.6 Å². The molecule has 1 aromatic heterocycles. The summed E-state index contributed by atoms with van der Waals surface area (Å²) in [6.45, 7) is 1.85. The van der Waals surface area contributed by atoms with E-state index in [2.05, 4.69) is 4.98 Å². The van der Waals surface area contributed by atoms with Crippen LogP contribution in [0.5, 0.6) is 0 Å².